The van der Waals surface area contributed by atoms with Crippen molar-refractivity contribution < 1.29 is 94.0 Å². The molecule has 0 unspecified atom stereocenters. The number of carboxylic acids is 1. The van der Waals surface area contributed by atoms with Crippen molar-refractivity contribution in [2.75, 3.05) is 65.8 Å². The summed E-state index contributed by atoms with van der Waals surface area (Å²) in [5.74, 6) is -1.23. The average molecular weight is 1660 g/mol. The van der Waals surface area contributed by atoms with Crippen molar-refractivity contribution in [1.82, 2.24) is 9.97 Å². The van der Waals surface area contributed by atoms with Gasteiger partial charge >= 0.3 is 36.8 Å². The molecule has 0 aliphatic heterocycles. The van der Waals surface area contributed by atoms with Gasteiger partial charge in [0.05, 0.1) is 48.0 Å². The van der Waals surface area contributed by atoms with Crippen LogP contribution in [0.1, 0.15) is 172 Å². The average Bonchev–Trinajstić information content (AvgIpc) is 0.890. The normalized spacial score (nSPS) is 14.2. The Kier molecular flexibility index (Phi) is 45.2. The van der Waals surface area contributed by atoms with Crippen LogP contribution in [-0.4, -0.2) is 112 Å². The number of aliphatic carboxylic acids is 1. The van der Waals surface area contributed by atoms with Crippen LogP contribution in [0.3, 0.4) is 0 Å². The first kappa shape index (κ1) is 91.5. The third-order valence-corrected chi connectivity index (χ3v) is 18.3. The molecule has 4 fully saturated rings. The molecular weight excluding hydrogens is 1540 g/mol. The van der Waals surface area contributed by atoms with E-state index in [2.05, 4.69) is 108 Å². The fourth-order valence-corrected chi connectivity index (χ4v) is 12.5. The van der Waals surface area contributed by atoms with Gasteiger partial charge in [-0.15, -0.1) is 0 Å². The van der Waals surface area contributed by atoms with Crippen LogP contribution in [0.15, 0.2) is 194 Å². The molecule has 556 valence electrons. The summed E-state index contributed by atoms with van der Waals surface area (Å²) >= 11 is 0. The SMILES string of the molecule is C.CCOC(=O)/C=C\c1ccc(N(C)C2CCCCC2)cc1.CCOC(=O)/C=C\c1ccc(N)cc1.CN(c1ccc(/C=C/C(=O)Nc2cnc3ccccc3c2)cc1)C1CCCCC1.CN(c1ccc(/C=C/C(=O)O)cc1)C1CCCCC1.Nc1cnc2ccccc2c1.O=C1CCCCC1.[3H][B].[Li+].[OH-].[U]. The van der Waals surface area contributed by atoms with Crippen LogP contribution >= 0.6 is 0 Å². The molecule has 8 aromatic rings. The third-order valence-electron chi connectivity index (χ3n) is 18.3. The summed E-state index contributed by atoms with van der Waals surface area (Å²) in [4.78, 5) is 71.1. The third kappa shape index (κ3) is 34.3. The number of nitrogen functional groups attached to an aromatic ring is 2. The van der Waals surface area contributed by atoms with Gasteiger partial charge in [-0.3, -0.25) is 19.6 Å². The summed E-state index contributed by atoms with van der Waals surface area (Å²) in [6.45, 7) is 4.38. The Balaban J connectivity index is 0.000000449. The van der Waals surface area contributed by atoms with Crippen molar-refractivity contribution in [1.29, 1.82) is 1.34 Å². The number of anilines is 6. The van der Waals surface area contributed by atoms with Crippen LogP contribution in [0.5, 0.6) is 0 Å². The number of amides is 1. The van der Waals surface area contributed by atoms with Crippen LogP contribution in [0.2, 0.25) is 0 Å². The van der Waals surface area contributed by atoms with Crippen LogP contribution in [0, 0.1) is 31.1 Å². The first-order valence-electron chi connectivity index (χ1n) is 36.5. The molecule has 4 saturated carbocycles. The zero-order chi connectivity index (χ0) is 74.0. The Bertz CT molecular complexity index is 3970. The van der Waals surface area contributed by atoms with Crippen molar-refractivity contribution in [2.45, 2.75) is 168 Å². The summed E-state index contributed by atoms with van der Waals surface area (Å²) in [7, 11) is 10.3. The van der Waals surface area contributed by atoms with Crippen LogP contribution in [-0.2, 0) is 33.4 Å². The van der Waals surface area contributed by atoms with Gasteiger partial charge in [-0.2, -0.15) is 0 Å². The second-order valence-electron chi connectivity index (χ2n) is 25.8. The second-order valence-corrected chi connectivity index (χ2v) is 25.8. The minimum Gasteiger partial charge on any atom is -0.870 e. The number of fused-ring (bicyclic) bond motifs is 2. The quantitative estimate of drug-likeness (QED) is 0.0286. The molecule has 0 spiro atoms. The Morgan fingerprint density at radius 2 is 0.840 bits per heavy atom. The molecule has 20 heteroatoms. The number of rotatable bonds is 17. The van der Waals surface area contributed by atoms with Gasteiger partial charge in [-0.1, -0.05) is 157 Å². The molecule has 2 aromatic heterocycles. The monoisotopic (exact) mass is 1660 g/mol. The fraction of sp³-hybridized carbons (Fsp3) is 0.360. The maximum atomic E-state index is 12.3. The van der Waals surface area contributed by atoms with Gasteiger partial charge in [0, 0.05) is 149 Å². The number of ketones is 1. The topological polar surface area (TPSA) is 254 Å². The second kappa shape index (κ2) is 52.3. The van der Waals surface area contributed by atoms with Gasteiger partial charge in [0.2, 0.25) is 5.91 Å². The number of nitrogens with zero attached hydrogens (tertiary/aromatic N) is 5. The Labute approximate surface area is 669 Å². The van der Waals surface area contributed by atoms with Crippen molar-refractivity contribution >= 4 is 118 Å². The molecule has 1 amide bonds. The van der Waals surface area contributed by atoms with E-state index in [0.29, 0.717) is 54.2 Å². The fourth-order valence-electron chi connectivity index (χ4n) is 12.5. The molecular formula is C86H110BLiN8O9U. The number of aromatic nitrogens is 2. The number of hydrogen-bond acceptors (Lipinski definition) is 15. The number of nitrogens with one attached hydrogen (secondary N) is 1. The van der Waals surface area contributed by atoms with Crippen molar-refractivity contribution in [2.24, 2.45) is 0 Å². The largest absolute Gasteiger partial charge is 1.00 e. The first-order valence-corrected chi connectivity index (χ1v) is 35.9. The van der Waals surface area contributed by atoms with Crippen molar-refractivity contribution in [3.63, 3.8) is 0 Å². The van der Waals surface area contributed by atoms with Gasteiger partial charge in [0.1, 0.15) is 5.78 Å². The number of esters is 2. The standard InChI is InChI=1S/C25H27N3O.C18H25NO2.C16H21NO2.C11H13NO2.C9H8N2.C6H10O.CH4.BH.Li.H2O.U/c1-28(22-8-3-2-4-9-22)23-14-11-19(12-15-23)13-16-25(29)27-21-17-20-7-5-6-10-24(20)26-18-21;1-3-21-18(20)14-11-15-9-12-17(13-10-15)19(2)16-7-5-4-6-8-16;1-17(14-5-3-2-4-6-14)15-10-7-13(8-11-15)9-12-16(18)19;1-2-14-11(13)8-5-9-3-6-10(12)7-4-9;10-8-5-7-3-1-2-4-9(7)11-6-8;7-6-4-2-1-3-5-6;;;;;/h5-7,10-18,22H,2-4,8-9H2,1H3,(H,27,29);9-14,16H,3-8H2,1-2H3;7-12,14H,2-6H2,1H3,(H,18,19);3-8H,2,12H2,1H3;1-6H,10H2;1-5H2;1H4;1H;;1H2;/q;;;;;;;;+1;;/p-1/b16-13+;14-11-;12-9+;8-5-;;;;;;;/i;;;;;;;1T;;;. The number of hydrogen-bond donors (Lipinski definition) is 4. The van der Waals surface area contributed by atoms with E-state index < -0.39 is 5.97 Å². The van der Waals surface area contributed by atoms with E-state index in [-0.39, 0.29) is 80.7 Å². The van der Waals surface area contributed by atoms with E-state index in [1.807, 2.05) is 110 Å². The molecule has 0 bridgehead atoms. The van der Waals surface area contributed by atoms with E-state index in [1.165, 1.54) is 138 Å². The zero-order valence-electron chi connectivity index (χ0n) is 63.3. The summed E-state index contributed by atoms with van der Waals surface area (Å²) < 4.78 is 14.9. The molecule has 6 aromatic carbocycles. The van der Waals surface area contributed by atoms with E-state index in [0.717, 1.165) is 69.7 Å². The Hall–Kier alpha value is -8.68. The minimum atomic E-state index is -0.914. The van der Waals surface area contributed by atoms with E-state index in [1.54, 1.807) is 55.8 Å². The number of Topliss-reactive ketones (excluding diaryl/α,β-unsaturated/α-hetero) is 1. The molecule has 106 heavy (non-hydrogen) atoms. The van der Waals surface area contributed by atoms with E-state index in [4.69, 9.17) is 27.4 Å². The Morgan fingerprint density at radius 1 is 0.500 bits per heavy atom. The van der Waals surface area contributed by atoms with Gasteiger partial charge in [-0.25, -0.2) is 14.4 Å². The smallest absolute Gasteiger partial charge is 0.870 e. The minimum absolute atomic E-state index is 0. The van der Waals surface area contributed by atoms with Gasteiger partial charge < -0.3 is 51.5 Å². The molecule has 4 aliphatic rings. The van der Waals surface area contributed by atoms with Crippen LogP contribution in [0.25, 0.3) is 46.1 Å². The predicted molar refractivity (Wildman–Crippen MR) is 433 cm³/mol. The number of benzene rings is 6. The summed E-state index contributed by atoms with van der Waals surface area (Å²) in [6, 6.07) is 53.6. The van der Waals surface area contributed by atoms with E-state index >= 15 is 0 Å². The van der Waals surface area contributed by atoms with E-state index in [9.17, 15) is 24.0 Å². The maximum Gasteiger partial charge on any atom is 1.00 e. The predicted octanol–water partition coefficient (Wildman–Crippen LogP) is 15.2. The maximum absolute atomic E-state index is 12.3. The molecule has 2 radical (unpaired) electrons. The molecule has 4 aliphatic carbocycles. The molecule has 0 saturated heterocycles. The number of pyridine rings is 2. The molecule has 0 atom stereocenters. The number of ether oxygens (including phenoxy) is 2. The first-order chi connectivity index (χ1) is 50.0. The van der Waals surface area contributed by atoms with Gasteiger partial charge in [0.15, 0.2) is 0 Å². The molecule has 7 N–H and O–H groups in total. The van der Waals surface area contributed by atoms with Crippen molar-refractivity contribution in [3.05, 3.63) is 217 Å². The summed E-state index contributed by atoms with van der Waals surface area (Å²) in [6.07, 6.45) is 40.9. The summed E-state index contributed by atoms with van der Waals surface area (Å²) in [5, 5.41) is 13.6. The van der Waals surface area contributed by atoms with Gasteiger partial charge in [-0.05, 0) is 186 Å². The number of carboxylic acid groups (broad SMARTS) is 1. The molecule has 12 rings (SSSR count). The van der Waals surface area contributed by atoms with Crippen LogP contribution < -0.4 is 50.3 Å². The number of nitrogens with two attached hydrogens (primary N) is 2. The van der Waals surface area contributed by atoms with Crippen LogP contribution in [0.4, 0.5) is 34.1 Å². The molecule has 2 heterocycles. The summed E-state index contributed by atoms with van der Waals surface area (Å²) in [5.41, 5.74) is 22.7. The zero-order valence-corrected chi connectivity index (χ0v) is 66.5. The Morgan fingerprint density at radius 3 is 1.21 bits per heavy atom. The van der Waals surface area contributed by atoms with Gasteiger partial charge in [0.25, 0.3) is 0 Å². The molecule has 17 nitrogen and oxygen atoms in total. The number of carbonyl (C=O) groups is 5. The van der Waals surface area contributed by atoms with Crippen molar-refractivity contribution in [3.8, 4) is 0 Å². The number of para-hydroxylation sites is 2. The number of carbonyl (C=O) groups excluding carboxylic acids is 4.